The number of rotatable bonds is 5. The molecule has 0 bridgehead atoms. The number of nitrogens with one attached hydrogen (secondary N) is 2. The molecule has 7 nitrogen and oxygen atoms in total. The largest absolute Gasteiger partial charge is 0.479 e. The van der Waals surface area contributed by atoms with Gasteiger partial charge in [-0.2, -0.15) is 4.98 Å². The first-order valence-electron chi connectivity index (χ1n) is 5.91. The van der Waals surface area contributed by atoms with E-state index in [1.807, 2.05) is 6.92 Å². The molecule has 2 aromatic heterocycles. The molecule has 0 spiro atoms. The molecule has 0 aliphatic rings. The van der Waals surface area contributed by atoms with Crippen LogP contribution in [-0.4, -0.2) is 39.1 Å². The topological polar surface area (TPSA) is 84.8 Å². The summed E-state index contributed by atoms with van der Waals surface area (Å²) in [4.78, 5) is 22.8. The third kappa shape index (κ3) is 2.73. The Morgan fingerprint density at radius 1 is 1.58 bits per heavy atom. The van der Waals surface area contributed by atoms with Crippen LogP contribution in [0.5, 0.6) is 5.88 Å². The van der Waals surface area contributed by atoms with E-state index in [0.717, 1.165) is 6.42 Å². The van der Waals surface area contributed by atoms with E-state index in [2.05, 4.69) is 20.3 Å². The number of fused-ring (bicyclic) bond motifs is 1. The molecule has 1 amide bonds. The highest BCUT2D eigenvalue weighted by Crippen LogP contribution is 2.19. The van der Waals surface area contributed by atoms with Crippen LogP contribution in [0.15, 0.2) is 6.33 Å². The molecule has 0 atom stereocenters. The minimum absolute atomic E-state index is 0.101. The lowest BCUT2D eigenvalue weighted by atomic mass is 10.4. The van der Waals surface area contributed by atoms with E-state index in [1.165, 1.54) is 13.4 Å². The van der Waals surface area contributed by atoms with Crippen molar-refractivity contribution in [2.24, 2.45) is 0 Å². The molecule has 2 rings (SSSR count). The van der Waals surface area contributed by atoms with Crippen molar-refractivity contribution in [2.45, 2.75) is 19.9 Å². The Labute approximate surface area is 115 Å². The quantitative estimate of drug-likeness (QED) is 0.799. The number of amides is 1. The van der Waals surface area contributed by atoms with Gasteiger partial charge in [-0.1, -0.05) is 6.92 Å². The molecule has 0 fully saturated rings. The number of carbonyl (C=O) groups excluding carboxylic acids is 1. The molecule has 0 radical (unpaired) electrons. The normalized spacial score (nSPS) is 10.6. The van der Waals surface area contributed by atoms with Gasteiger partial charge in [-0.05, 0) is 18.6 Å². The highest BCUT2D eigenvalue weighted by Gasteiger charge is 2.13. The summed E-state index contributed by atoms with van der Waals surface area (Å²) in [6, 6.07) is 0. The van der Waals surface area contributed by atoms with Crippen molar-refractivity contribution in [1.29, 1.82) is 0 Å². The van der Waals surface area contributed by atoms with Gasteiger partial charge in [-0.15, -0.1) is 0 Å². The minimum atomic E-state index is -0.101. The van der Waals surface area contributed by atoms with Gasteiger partial charge >= 0.3 is 0 Å². The van der Waals surface area contributed by atoms with Crippen molar-refractivity contribution in [3.63, 3.8) is 0 Å². The number of nitrogens with zero attached hydrogens (tertiary/aromatic N) is 3. The lowest BCUT2D eigenvalue weighted by molar-refractivity contribution is -0.121. The molecule has 2 N–H and O–H groups in total. The molecule has 0 unspecified atom stereocenters. The molecule has 102 valence electrons. The van der Waals surface area contributed by atoms with Gasteiger partial charge in [0, 0.05) is 6.54 Å². The van der Waals surface area contributed by atoms with Gasteiger partial charge in [0.05, 0.1) is 7.11 Å². The summed E-state index contributed by atoms with van der Waals surface area (Å²) in [5, 5.41) is 2.80. The Morgan fingerprint density at radius 3 is 3.05 bits per heavy atom. The summed E-state index contributed by atoms with van der Waals surface area (Å²) in [6.07, 6.45) is 2.27. The summed E-state index contributed by atoms with van der Waals surface area (Å²) < 4.78 is 7.17. The standard InChI is InChI=1S/C11H15N5O2S/c1-3-4-12-7(17)5-16-9-8(15-11(16)19)10(18-2)14-6-13-9/h6H,3-5H2,1-2H3,(H,12,17)(H,15,19). The third-order valence-corrected chi connectivity index (χ3v) is 2.91. The number of imidazole rings is 1. The maximum Gasteiger partial charge on any atom is 0.242 e. The molecule has 8 heteroatoms. The third-order valence-electron chi connectivity index (χ3n) is 2.59. The van der Waals surface area contributed by atoms with Crippen LogP contribution in [0.1, 0.15) is 13.3 Å². The first-order chi connectivity index (χ1) is 9.17. The molecule has 19 heavy (non-hydrogen) atoms. The smallest absolute Gasteiger partial charge is 0.242 e. The predicted molar refractivity (Wildman–Crippen MR) is 72.6 cm³/mol. The first-order valence-corrected chi connectivity index (χ1v) is 6.32. The molecule has 2 heterocycles. The number of methoxy groups -OCH3 is 1. The maximum absolute atomic E-state index is 11.8. The van der Waals surface area contributed by atoms with E-state index in [9.17, 15) is 4.79 Å². The molecule has 0 saturated heterocycles. The highest BCUT2D eigenvalue weighted by atomic mass is 32.1. The zero-order chi connectivity index (χ0) is 13.8. The summed E-state index contributed by atoms with van der Waals surface area (Å²) in [7, 11) is 1.52. The van der Waals surface area contributed by atoms with Crippen molar-refractivity contribution in [2.75, 3.05) is 13.7 Å². The number of H-pyrrole nitrogens is 1. The molecular weight excluding hydrogens is 266 g/mol. The monoisotopic (exact) mass is 281 g/mol. The lowest BCUT2D eigenvalue weighted by Crippen LogP contribution is -2.28. The summed E-state index contributed by atoms with van der Waals surface area (Å²) in [5.41, 5.74) is 1.15. The Hall–Kier alpha value is -1.96. The van der Waals surface area contributed by atoms with Crippen LogP contribution >= 0.6 is 12.2 Å². The fourth-order valence-electron chi connectivity index (χ4n) is 1.71. The van der Waals surface area contributed by atoms with Gasteiger partial charge < -0.3 is 15.0 Å². The Balaban J connectivity index is 2.36. The molecular formula is C11H15N5O2S. The number of aromatic nitrogens is 4. The van der Waals surface area contributed by atoms with Crippen LogP contribution in [0.4, 0.5) is 0 Å². The summed E-state index contributed by atoms with van der Waals surface area (Å²) in [5.74, 6) is 0.306. The predicted octanol–water partition coefficient (Wildman–Crippen LogP) is 1.02. The number of hydrogen-bond acceptors (Lipinski definition) is 5. The van der Waals surface area contributed by atoms with E-state index in [-0.39, 0.29) is 12.5 Å². The molecule has 0 aliphatic heterocycles. The average molecular weight is 281 g/mol. The molecule has 0 aromatic carbocycles. The van der Waals surface area contributed by atoms with E-state index in [4.69, 9.17) is 17.0 Å². The SMILES string of the molecule is CCCNC(=O)Cn1c(=S)[nH]c2c(OC)ncnc21. The van der Waals surface area contributed by atoms with Crippen LogP contribution in [-0.2, 0) is 11.3 Å². The number of carbonyl (C=O) groups is 1. The molecule has 2 aromatic rings. The fourth-order valence-corrected chi connectivity index (χ4v) is 1.96. The van der Waals surface area contributed by atoms with E-state index >= 15 is 0 Å². The second-order valence-corrected chi connectivity index (χ2v) is 4.33. The van der Waals surface area contributed by atoms with Crippen molar-refractivity contribution < 1.29 is 9.53 Å². The first kappa shape index (κ1) is 13.5. The number of aromatic amines is 1. The van der Waals surface area contributed by atoms with Crippen LogP contribution in [0.2, 0.25) is 0 Å². The van der Waals surface area contributed by atoms with Crippen molar-refractivity contribution in [1.82, 2.24) is 24.8 Å². The summed E-state index contributed by atoms with van der Waals surface area (Å²) in [6.45, 7) is 2.77. The second kappa shape index (κ2) is 5.79. The Bertz CT molecular complexity index is 648. The Morgan fingerprint density at radius 2 is 2.37 bits per heavy atom. The van der Waals surface area contributed by atoms with Crippen LogP contribution in [0, 0.1) is 4.77 Å². The lowest BCUT2D eigenvalue weighted by Gasteiger charge is -2.05. The second-order valence-electron chi connectivity index (χ2n) is 3.95. The van der Waals surface area contributed by atoms with Crippen LogP contribution in [0.25, 0.3) is 11.2 Å². The zero-order valence-corrected chi connectivity index (χ0v) is 11.6. The van der Waals surface area contributed by atoms with Crippen LogP contribution < -0.4 is 10.1 Å². The van der Waals surface area contributed by atoms with Gasteiger partial charge in [-0.3, -0.25) is 9.36 Å². The van der Waals surface area contributed by atoms with Crippen molar-refractivity contribution in [3.8, 4) is 5.88 Å². The average Bonchev–Trinajstić information content (AvgIpc) is 2.73. The highest BCUT2D eigenvalue weighted by molar-refractivity contribution is 7.71. The Kier molecular flexibility index (Phi) is 4.10. The van der Waals surface area contributed by atoms with Crippen LogP contribution in [0.3, 0.4) is 0 Å². The van der Waals surface area contributed by atoms with E-state index in [1.54, 1.807) is 4.57 Å². The van der Waals surface area contributed by atoms with E-state index < -0.39 is 0 Å². The fraction of sp³-hybridized carbons (Fsp3) is 0.455. The molecule has 0 saturated carbocycles. The summed E-state index contributed by atoms with van der Waals surface area (Å²) >= 11 is 5.20. The van der Waals surface area contributed by atoms with Crippen molar-refractivity contribution >= 4 is 29.3 Å². The van der Waals surface area contributed by atoms with Gasteiger partial charge in [0.25, 0.3) is 0 Å². The van der Waals surface area contributed by atoms with E-state index in [0.29, 0.717) is 28.4 Å². The van der Waals surface area contributed by atoms with Gasteiger partial charge in [0.1, 0.15) is 18.4 Å². The van der Waals surface area contributed by atoms with Gasteiger partial charge in [-0.25, -0.2) is 4.98 Å². The maximum atomic E-state index is 11.8. The number of hydrogen-bond donors (Lipinski definition) is 2. The minimum Gasteiger partial charge on any atom is -0.479 e. The van der Waals surface area contributed by atoms with Gasteiger partial charge in [0.2, 0.25) is 11.8 Å². The zero-order valence-electron chi connectivity index (χ0n) is 10.8. The van der Waals surface area contributed by atoms with Crippen molar-refractivity contribution in [3.05, 3.63) is 11.1 Å². The molecule has 0 aliphatic carbocycles. The van der Waals surface area contributed by atoms with Gasteiger partial charge in [0.15, 0.2) is 10.4 Å². The number of ether oxygens (including phenoxy) is 1.